The maximum atomic E-state index is 12.8. The topological polar surface area (TPSA) is 100 Å². The Bertz CT molecular complexity index is 1520. The summed E-state index contributed by atoms with van der Waals surface area (Å²) < 4.78 is 0. The lowest BCUT2D eigenvalue weighted by molar-refractivity contribution is 0.0998. The molecule has 0 aliphatic carbocycles. The van der Waals surface area contributed by atoms with Gasteiger partial charge in [-0.05, 0) is 42.3 Å². The molecule has 1 amide bonds. The lowest BCUT2D eigenvalue weighted by Gasteiger charge is -2.02. The van der Waals surface area contributed by atoms with Gasteiger partial charge >= 0.3 is 0 Å². The van der Waals surface area contributed by atoms with Gasteiger partial charge in [0.15, 0.2) is 5.78 Å². The third-order valence-electron chi connectivity index (χ3n) is 5.22. The number of pyridine rings is 1. The van der Waals surface area contributed by atoms with Gasteiger partial charge in [0.25, 0.3) is 5.91 Å². The third kappa shape index (κ3) is 4.66. The number of aliphatic imine (C=N–C) groups is 1. The predicted octanol–water partition coefficient (Wildman–Crippen LogP) is 4.54. The fourth-order valence-electron chi connectivity index (χ4n) is 3.57. The maximum Gasteiger partial charge on any atom is 0.276 e. The van der Waals surface area contributed by atoms with Gasteiger partial charge in [0.1, 0.15) is 16.9 Å². The minimum atomic E-state index is -0.429. The summed E-state index contributed by atoms with van der Waals surface area (Å²) in [5.41, 5.74) is 4.03. The number of anilines is 1. The number of nitrogens with zero attached hydrogens (tertiary/aromatic N) is 3. The standard InChI is InChI=1S/C27H19N5O2/c33-24(17-20-10-6-16-28-20)21-11-5-12-22-25(21)31-27(30-22)32-26(34)23-13-4-9-19(29-23)15-14-18-7-2-1-3-8-18/h1-9,11-13,16H,10,17H2,(H2,30,31,32,34). The number of imidazole rings is 1. The molecular formula is C27H19N5O2. The predicted molar refractivity (Wildman–Crippen MR) is 131 cm³/mol. The molecule has 0 saturated heterocycles. The molecule has 0 atom stereocenters. The van der Waals surface area contributed by atoms with Gasteiger partial charge in [0, 0.05) is 35.9 Å². The summed E-state index contributed by atoms with van der Waals surface area (Å²) in [6, 6.07) is 20.0. The van der Waals surface area contributed by atoms with Crippen molar-refractivity contribution in [3.8, 4) is 11.8 Å². The molecule has 0 radical (unpaired) electrons. The van der Waals surface area contributed by atoms with Crippen LogP contribution in [0.5, 0.6) is 0 Å². The van der Waals surface area contributed by atoms with Gasteiger partial charge in [0.2, 0.25) is 5.95 Å². The number of ketones is 1. The molecule has 7 nitrogen and oxygen atoms in total. The van der Waals surface area contributed by atoms with E-state index in [1.807, 2.05) is 36.4 Å². The first-order valence-electron chi connectivity index (χ1n) is 10.7. The van der Waals surface area contributed by atoms with E-state index >= 15 is 0 Å². The molecule has 5 rings (SSSR count). The molecule has 2 N–H and O–H groups in total. The van der Waals surface area contributed by atoms with Gasteiger partial charge < -0.3 is 4.98 Å². The quantitative estimate of drug-likeness (QED) is 0.348. The maximum absolute atomic E-state index is 12.8. The number of Topliss-reactive ketones (excluding diaryl/α,β-unsaturated/α-hetero) is 1. The highest BCUT2D eigenvalue weighted by Gasteiger charge is 2.17. The summed E-state index contributed by atoms with van der Waals surface area (Å²) >= 11 is 0. The largest absolute Gasteiger partial charge is 0.324 e. The summed E-state index contributed by atoms with van der Waals surface area (Å²) in [7, 11) is 0. The van der Waals surface area contributed by atoms with Crippen molar-refractivity contribution < 1.29 is 9.59 Å². The SMILES string of the molecule is O=C(Nc1nc2c(C(=O)CC3=NC=CC3)cccc2[nH]1)c1cccc(C#Cc2ccccc2)n1. The number of H-pyrrole nitrogens is 1. The monoisotopic (exact) mass is 445 g/mol. The zero-order chi connectivity index (χ0) is 23.3. The number of carbonyl (C=O) groups excluding carboxylic acids is 2. The van der Waals surface area contributed by atoms with E-state index < -0.39 is 5.91 Å². The highest BCUT2D eigenvalue weighted by molar-refractivity contribution is 6.15. The highest BCUT2D eigenvalue weighted by atomic mass is 16.2. The first-order chi connectivity index (χ1) is 16.7. The van der Waals surface area contributed by atoms with E-state index in [9.17, 15) is 9.59 Å². The molecule has 7 heteroatoms. The zero-order valence-electron chi connectivity index (χ0n) is 18.1. The van der Waals surface area contributed by atoms with E-state index in [2.05, 4.69) is 37.1 Å². The smallest absolute Gasteiger partial charge is 0.276 e. The number of nitrogens with one attached hydrogen (secondary N) is 2. The molecule has 0 fully saturated rings. The number of hydrogen-bond donors (Lipinski definition) is 2. The van der Waals surface area contributed by atoms with Crippen LogP contribution in [0.15, 0.2) is 84.0 Å². The minimum Gasteiger partial charge on any atom is -0.324 e. The van der Waals surface area contributed by atoms with E-state index in [1.54, 1.807) is 42.6 Å². The molecule has 4 aromatic rings. The van der Waals surface area contributed by atoms with Crippen LogP contribution in [0, 0.1) is 11.8 Å². The summed E-state index contributed by atoms with van der Waals surface area (Å²) in [6.45, 7) is 0. The summed E-state index contributed by atoms with van der Waals surface area (Å²) in [5.74, 6) is 5.75. The Hall–Kier alpha value is -4.83. The number of hydrogen-bond acceptors (Lipinski definition) is 5. The van der Waals surface area contributed by atoms with Crippen molar-refractivity contribution in [3.05, 3.63) is 102 Å². The van der Waals surface area contributed by atoms with Gasteiger partial charge in [-0.1, -0.05) is 42.3 Å². The number of para-hydroxylation sites is 1. The van der Waals surface area contributed by atoms with Gasteiger partial charge in [-0.2, -0.15) is 0 Å². The average molecular weight is 445 g/mol. The summed E-state index contributed by atoms with van der Waals surface area (Å²) in [6.07, 6.45) is 4.55. The fraction of sp³-hybridized carbons (Fsp3) is 0.0741. The van der Waals surface area contributed by atoms with Crippen molar-refractivity contribution in [2.45, 2.75) is 12.8 Å². The van der Waals surface area contributed by atoms with E-state index in [4.69, 9.17) is 0 Å². The molecule has 0 spiro atoms. The highest BCUT2D eigenvalue weighted by Crippen LogP contribution is 2.21. The van der Waals surface area contributed by atoms with Crippen LogP contribution in [0.1, 0.15) is 44.9 Å². The average Bonchev–Trinajstić information content (AvgIpc) is 3.52. The summed E-state index contributed by atoms with van der Waals surface area (Å²) in [5, 5.41) is 2.73. The van der Waals surface area contributed by atoms with E-state index in [0.717, 1.165) is 11.3 Å². The molecule has 34 heavy (non-hydrogen) atoms. The zero-order valence-corrected chi connectivity index (χ0v) is 18.1. The normalized spacial score (nSPS) is 12.2. The van der Waals surface area contributed by atoms with Crippen molar-refractivity contribution in [3.63, 3.8) is 0 Å². The molecule has 1 aliphatic rings. The van der Waals surface area contributed by atoms with Crippen LogP contribution in [0.4, 0.5) is 5.95 Å². The first kappa shape index (κ1) is 21.0. The van der Waals surface area contributed by atoms with Crippen molar-refractivity contribution in [1.29, 1.82) is 0 Å². The number of amides is 1. The van der Waals surface area contributed by atoms with Crippen LogP contribution in [0.2, 0.25) is 0 Å². The number of allylic oxidation sites excluding steroid dienone is 1. The van der Waals surface area contributed by atoms with Crippen LogP contribution in [-0.2, 0) is 0 Å². The van der Waals surface area contributed by atoms with E-state index in [1.165, 1.54) is 0 Å². The number of aromatic amines is 1. The van der Waals surface area contributed by atoms with Gasteiger partial charge in [0.05, 0.1) is 5.52 Å². The second-order valence-corrected chi connectivity index (χ2v) is 7.65. The minimum absolute atomic E-state index is 0.0659. The Balaban J connectivity index is 1.34. The van der Waals surface area contributed by atoms with Crippen LogP contribution in [0.25, 0.3) is 11.0 Å². The number of aromatic nitrogens is 3. The Kier molecular flexibility index (Phi) is 5.78. The molecule has 0 unspecified atom stereocenters. The van der Waals surface area contributed by atoms with Gasteiger partial charge in [-0.3, -0.25) is 19.9 Å². The molecule has 2 aromatic heterocycles. The summed E-state index contributed by atoms with van der Waals surface area (Å²) in [4.78, 5) is 41.6. The fourth-order valence-corrected chi connectivity index (χ4v) is 3.57. The van der Waals surface area contributed by atoms with Crippen molar-refractivity contribution in [2.75, 3.05) is 5.32 Å². The molecule has 2 aromatic carbocycles. The Morgan fingerprint density at radius 3 is 2.62 bits per heavy atom. The first-order valence-corrected chi connectivity index (χ1v) is 10.7. The number of fused-ring (bicyclic) bond motifs is 1. The molecule has 164 valence electrons. The Morgan fingerprint density at radius 2 is 1.79 bits per heavy atom. The van der Waals surface area contributed by atoms with E-state index in [0.29, 0.717) is 28.7 Å². The Morgan fingerprint density at radius 1 is 0.941 bits per heavy atom. The molecule has 3 heterocycles. The second kappa shape index (κ2) is 9.35. The lowest BCUT2D eigenvalue weighted by Crippen LogP contribution is -2.15. The molecular weight excluding hydrogens is 426 g/mol. The van der Waals surface area contributed by atoms with Crippen molar-refractivity contribution in [1.82, 2.24) is 15.0 Å². The van der Waals surface area contributed by atoms with Gasteiger partial charge in [-0.15, -0.1) is 0 Å². The third-order valence-corrected chi connectivity index (χ3v) is 5.22. The second-order valence-electron chi connectivity index (χ2n) is 7.65. The lowest BCUT2D eigenvalue weighted by atomic mass is 10.0. The van der Waals surface area contributed by atoms with Crippen molar-refractivity contribution >= 4 is 34.4 Å². The number of carbonyl (C=O) groups is 2. The van der Waals surface area contributed by atoms with Crippen LogP contribution in [-0.4, -0.2) is 32.4 Å². The van der Waals surface area contributed by atoms with Crippen LogP contribution in [0.3, 0.4) is 0 Å². The van der Waals surface area contributed by atoms with Gasteiger partial charge in [-0.25, -0.2) is 9.97 Å². The Labute approximate surface area is 195 Å². The number of benzene rings is 2. The van der Waals surface area contributed by atoms with Crippen LogP contribution < -0.4 is 5.32 Å². The van der Waals surface area contributed by atoms with Crippen molar-refractivity contribution in [2.24, 2.45) is 4.99 Å². The number of rotatable bonds is 5. The molecule has 1 aliphatic heterocycles. The molecule has 0 bridgehead atoms. The molecule has 0 saturated carbocycles. The van der Waals surface area contributed by atoms with Crippen LogP contribution >= 0.6 is 0 Å². The van der Waals surface area contributed by atoms with E-state index in [-0.39, 0.29) is 23.8 Å².